The third-order valence-electron chi connectivity index (χ3n) is 4.83. The number of hydrogen-bond acceptors (Lipinski definition) is 6. The highest BCUT2D eigenvalue weighted by atomic mass is 19.4. The van der Waals surface area contributed by atoms with E-state index in [1.807, 2.05) is 0 Å². The molecule has 3 aromatic rings. The van der Waals surface area contributed by atoms with Crippen LogP contribution < -0.4 is 0 Å². The van der Waals surface area contributed by atoms with Crippen LogP contribution in [-0.4, -0.2) is 72.8 Å². The summed E-state index contributed by atoms with van der Waals surface area (Å²) in [5.41, 5.74) is -2.38. The highest BCUT2D eigenvalue weighted by molar-refractivity contribution is 5.94. The predicted molar refractivity (Wildman–Crippen MR) is 100 cm³/mol. The fraction of sp³-hybridized carbons (Fsp3) is 0.263. The Bertz CT molecular complexity index is 1140. The molecule has 0 spiro atoms. The predicted octanol–water partition coefficient (Wildman–Crippen LogP) is 1.81. The highest BCUT2D eigenvalue weighted by Gasteiger charge is 2.43. The zero-order chi connectivity index (χ0) is 22.9. The minimum Gasteiger partial charge on any atom is -0.334 e. The fourth-order valence-electron chi connectivity index (χ4n) is 3.30. The van der Waals surface area contributed by atoms with Crippen LogP contribution in [0.25, 0.3) is 5.69 Å². The van der Waals surface area contributed by atoms with E-state index < -0.39 is 35.2 Å². The summed E-state index contributed by atoms with van der Waals surface area (Å²) in [5, 5.41) is 6.89. The minimum absolute atomic E-state index is 0.00500. The summed E-state index contributed by atoms with van der Waals surface area (Å²) in [6.45, 7) is 0.185. The minimum atomic E-state index is -4.97. The molecule has 3 heterocycles. The number of aromatic nitrogens is 5. The van der Waals surface area contributed by atoms with Crippen LogP contribution in [0.4, 0.5) is 17.6 Å². The molecule has 32 heavy (non-hydrogen) atoms. The van der Waals surface area contributed by atoms with E-state index in [1.54, 1.807) is 0 Å². The van der Waals surface area contributed by atoms with E-state index in [4.69, 9.17) is 0 Å². The lowest BCUT2D eigenvalue weighted by Gasteiger charge is -2.34. The number of hydrogen-bond donors (Lipinski definition) is 0. The molecule has 1 fully saturated rings. The van der Waals surface area contributed by atoms with Crippen LogP contribution in [0.3, 0.4) is 0 Å². The maximum Gasteiger partial charge on any atom is 0.435 e. The SMILES string of the molecule is O=C(c1cnccn1)N1CCN(C(=O)c2nnn(-c3cccc(F)c3)c2C(F)(F)F)CC1. The summed E-state index contributed by atoms with van der Waals surface area (Å²) in [6.07, 6.45) is -0.874. The summed E-state index contributed by atoms with van der Waals surface area (Å²) in [7, 11) is 0. The van der Waals surface area contributed by atoms with Gasteiger partial charge in [0.05, 0.1) is 11.9 Å². The zero-order valence-corrected chi connectivity index (χ0v) is 16.3. The molecular weight excluding hydrogens is 434 g/mol. The van der Waals surface area contributed by atoms with Crippen molar-refractivity contribution in [2.24, 2.45) is 0 Å². The van der Waals surface area contributed by atoms with Crippen LogP contribution in [-0.2, 0) is 6.18 Å². The van der Waals surface area contributed by atoms with Crippen LogP contribution in [0.5, 0.6) is 0 Å². The molecule has 2 aromatic heterocycles. The lowest BCUT2D eigenvalue weighted by molar-refractivity contribution is -0.143. The highest BCUT2D eigenvalue weighted by Crippen LogP contribution is 2.33. The quantitative estimate of drug-likeness (QED) is 0.566. The van der Waals surface area contributed by atoms with E-state index >= 15 is 0 Å². The van der Waals surface area contributed by atoms with Gasteiger partial charge in [0.15, 0.2) is 11.4 Å². The lowest BCUT2D eigenvalue weighted by Crippen LogP contribution is -2.51. The molecule has 166 valence electrons. The van der Waals surface area contributed by atoms with Gasteiger partial charge < -0.3 is 9.80 Å². The van der Waals surface area contributed by atoms with Gasteiger partial charge in [-0.2, -0.15) is 13.2 Å². The molecule has 2 amide bonds. The van der Waals surface area contributed by atoms with Crippen molar-refractivity contribution in [1.29, 1.82) is 0 Å². The number of carbonyl (C=O) groups excluding carboxylic acids is 2. The first-order chi connectivity index (χ1) is 15.3. The van der Waals surface area contributed by atoms with Gasteiger partial charge in [0.25, 0.3) is 11.8 Å². The van der Waals surface area contributed by atoms with Crippen LogP contribution in [0.1, 0.15) is 26.7 Å². The molecule has 0 aliphatic carbocycles. The number of benzene rings is 1. The van der Waals surface area contributed by atoms with Crippen LogP contribution in [0, 0.1) is 5.82 Å². The van der Waals surface area contributed by atoms with Crippen molar-refractivity contribution in [2.75, 3.05) is 26.2 Å². The molecule has 4 rings (SSSR count). The van der Waals surface area contributed by atoms with Crippen molar-refractivity contribution in [1.82, 2.24) is 34.8 Å². The van der Waals surface area contributed by atoms with Crippen molar-refractivity contribution in [3.63, 3.8) is 0 Å². The van der Waals surface area contributed by atoms with Crippen LogP contribution in [0.15, 0.2) is 42.9 Å². The summed E-state index contributed by atoms with van der Waals surface area (Å²) in [5.74, 6) is -2.13. The molecule has 0 N–H and O–H groups in total. The Morgan fingerprint density at radius 3 is 2.25 bits per heavy atom. The number of halogens is 4. The van der Waals surface area contributed by atoms with Crippen molar-refractivity contribution in [3.05, 3.63) is 65.8 Å². The average molecular weight is 449 g/mol. The van der Waals surface area contributed by atoms with Gasteiger partial charge >= 0.3 is 6.18 Å². The second-order valence-corrected chi connectivity index (χ2v) is 6.85. The van der Waals surface area contributed by atoms with Gasteiger partial charge in [-0.25, -0.2) is 14.1 Å². The Hall–Kier alpha value is -3.90. The van der Waals surface area contributed by atoms with Gasteiger partial charge in [0, 0.05) is 38.6 Å². The number of amides is 2. The largest absolute Gasteiger partial charge is 0.435 e. The molecule has 9 nitrogen and oxygen atoms in total. The first-order valence-electron chi connectivity index (χ1n) is 9.39. The third-order valence-corrected chi connectivity index (χ3v) is 4.83. The Morgan fingerprint density at radius 1 is 0.969 bits per heavy atom. The first kappa shape index (κ1) is 21.3. The Labute approximate surface area is 178 Å². The molecule has 1 aromatic carbocycles. The molecule has 0 radical (unpaired) electrons. The normalized spacial score (nSPS) is 14.5. The maximum absolute atomic E-state index is 13.8. The van der Waals surface area contributed by atoms with E-state index in [1.165, 1.54) is 35.6 Å². The molecule has 0 atom stereocenters. The molecular formula is C19H15F4N7O2. The standard InChI is InChI=1S/C19H15F4N7O2/c20-12-2-1-3-13(10-12)30-16(19(21,22)23)15(26-27-30)18(32)29-8-6-28(7-9-29)17(31)14-11-24-4-5-25-14/h1-5,10-11H,6-9H2. The van der Waals surface area contributed by atoms with E-state index in [2.05, 4.69) is 20.3 Å². The van der Waals surface area contributed by atoms with E-state index in [-0.39, 0.29) is 37.6 Å². The number of nitrogens with zero attached hydrogens (tertiary/aromatic N) is 7. The molecule has 1 aliphatic heterocycles. The van der Waals surface area contributed by atoms with Gasteiger partial charge in [0.2, 0.25) is 0 Å². The number of piperazine rings is 1. The number of alkyl halides is 3. The number of carbonyl (C=O) groups is 2. The maximum atomic E-state index is 13.8. The monoisotopic (exact) mass is 449 g/mol. The van der Waals surface area contributed by atoms with Crippen LogP contribution >= 0.6 is 0 Å². The van der Waals surface area contributed by atoms with Crippen molar-refractivity contribution >= 4 is 11.8 Å². The molecule has 1 aliphatic rings. The Morgan fingerprint density at radius 2 is 1.66 bits per heavy atom. The molecule has 0 saturated carbocycles. The smallest absolute Gasteiger partial charge is 0.334 e. The Balaban J connectivity index is 1.55. The summed E-state index contributed by atoms with van der Waals surface area (Å²) in [6, 6.07) is 4.37. The molecule has 1 saturated heterocycles. The summed E-state index contributed by atoms with van der Waals surface area (Å²) in [4.78, 5) is 35.6. The molecule has 13 heteroatoms. The van der Waals surface area contributed by atoms with E-state index in [0.29, 0.717) is 4.68 Å². The summed E-state index contributed by atoms with van der Waals surface area (Å²) >= 11 is 0. The zero-order valence-electron chi connectivity index (χ0n) is 16.3. The average Bonchev–Trinajstić information content (AvgIpc) is 3.25. The Kier molecular flexibility index (Phi) is 5.55. The van der Waals surface area contributed by atoms with E-state index in [9.17, 15) is 27.2 Å². The second kappa shape index (κ2) is 8.32. The van der Waals surface area contributed by atoms with Gasteiger partial charge in [-0.1, -0.05) is 11.3 Å². The van der Waals surface area contributed by atoms with Crippen molar-refractivity contribution in [2.45, 2.75) is 6.18 Å². The topological polar surface area (TPSA) is 97.1 Å². The molecule has 0 bridgehead atoms. The summed E-state index contributed by atoms with van der Waals surface area (Å²) < 4.78 is 55.2. The first-order valence-corrected chi connectivity index (χ1v) is 9.39. The molecule has 0 unspecified atom stereocenters. The third kappa shape index (κ3) is 4.13. The van der Waals surface area contributed by atoms with Gasteiger partial charge in [-0.15, -0.1) is 5.10 Å². The van der Waals surface area contributed by atoms with Crippen molar-refractivity contribution < 1.29 is 27.2 Å². The van der Waals surface area contributed by atoms with Gasteiger partial charge in [0.1, 0.15) is 11.5 Å². The van der Waals surface area contributed by atoms with Gasteiger partial charge in [-0.3, -0.25) is 14.6 Å². The number of rotatable bonds is 3. The van der Waals surface area contributed by atoms with E-state index in [0.717, 1.165) is 17.0 Å². The second-order valence-electron chi connectivity index (χ2n) is 6.85. The fourth-order valence-corrected chi connectivity index (χ4v) is 3.30. The van der Waals surface area contributed by atoms with Crippen LogP contribution in [0.2, 0.25) is 0 Å². The van der Waals surface area contributed by atoms with Crippen molar-refractivity contribution in [3.8, 4) is 5.69 Å². The van der Waals surface area contributed by atoms with Gasteiger partial charge in [-0.05, 0) is 18.2 Å². The lowest BCUT2D eigenvalue weighted by atomic mass is 10.2.